The van der Waals surface area contributed by atoms with Gasteiger partial charge in [0.1, 0.15) is 5.82 Å². The zero-order valence-electron chi connectivity index (χ0n) is 8.47. The van der Waals surface area contributed by atoms with Crippen molar-refractivity contribution in [3.05, 3.63) is 34.6 Å². The van der Waals surface area contributed by atoms with Crippen molar-refractivity contribution >= 4 is 17.4 Å². The molecule has 1 atom stereocenters. The highest BCUT2D eigenvalue weighted by Crippen LogP contribution is 2.19. The normalized spacial score (nSPS) is 12.5. The number of nitrogens with two attached hydrogens (primary N) is 1. The number of halogens is 2. The number of hydrogen-bond acceptors (Lipinski definition) is 2. The maximum Gasteiger partial charge on any atom is 0.166 e. The van der Waals surface area contributed by atoms with E-state index in [0.29, 0.717) is 6.42 Å². The van der Waals surface area contributed by atoms with Crippen LogP contribution in [0.1, 0.15) is 30.1 Å². The van der Waals surface area contributed by atoms with E-state index in [9.17, 15) is 9.18 Å². The zero-order chi connectivity index (χ0) is 11.4. The molecule has 0 radical (unpaired) electrons. The number of carbonyl (C=O) groups excluding carboxylic acids is 1. The maximum atomic E-state index is 12.9. The Morgan fingerprint density at radius 2 is 2.27 bits per heavy atom. The summed E-state index contributed by atoms with van der Waals surface area (Å²) in [5, 5.41) is 0.268. The summed E-state index contributed by atoms with van der Waals surface area (Å²) in [4.78, 5) is 11.7. The second-order valence-electron chi connectivity index (χ2n) is 3.42. The van der Waals surface area contributed by atoms with Gasteiger partial charge in [-0.1, -0.05) is 18.5 Å². The molecule has 0 amide bonds. The topological polar surface area (TPSA) is 43.1 Å². The second-order valence-corrected chi connectivity index (χ2v) is 3.83. The Hall–Kier alpha value is -0.930. The predicted octanol–water partition coefficient (Wildman–Crippen LogP) is 2.79. The van der Waals surface area contributed by atoms with Crippen LogP contribution in [-0.2, 0) is 0 Å². The fourth-order valence-electron chi connectivity index (χ4n) is 1.20. The molecule has 0 spiro atoms. The van der Waals surface area contributed by atoms with Crippen molar-refractivity contribution in [2.24, 2.45) is 5.73 Å². The van der Waals surface area contributed by atoms with Crippen LogP contribution in [0.2, 0.25) is 5.02 Å². The molecule has 0 saturated carbocycles. The highest BCUT2D eigenvalue weighted by atomic mass is 35.5. The SMILES string of the molecule is CCC(N)CC(=O)c1cc(F)ccc1Cl. The lowest BCUT2D eigenvalue weighted by Gasteiger charge is -2.08. The summed E-state index contributed by atoms with van der Waals surface area (Å²) >= 11 is 5.79. The molecular formula is C11H13ClFNO. The van der Waals surface area contributed by atoms with Crippen LogP contribution in [0.15, 0.2) is 18.2 Å². The molecule has 0 aliphatic carbocycles. The monoisotopic (exact) mass is 229 g/mol. The largest absolute Gasteiger partial charge is 0.327 e. The van der Waals surface area contributed by atoms with E-state index in [-0.39, 0.29) is 28.8 Å². The highest BCUT2D eigenvalue weighted by molar-refractivity contribution is 6.33. The summed E-state index contributed by atoms with van der Waals surface area (Å²) in [7, 11) is 0. The minimum absolute atomic E-state index is 0.194. The predicted molar refractivity (Wildman–Crippen MR) is 58.6 cm³/mol. The van der Waals surface area contributed by atoms with Crippen molar-refractivity contribution in [3.8, 4) is 0 Å². The quantitative estimate of drug-likeness (QED) is 0.807. The molecule has 1 rings (SSSR count). The van der Waals surface area contributed by atoms with E-state index in [1.807, 2.05) is 6.92 Å². The van der Waals surface area contributed by atoms with Crippen molar-refractivity contribution in [2.45, 2.75) is 25.8 Å². The number of rotatable bonds is 4. The van der Waals surface area contributed by atoms with E-state index in [0.717, 1.165) is 6.07 Å². The third-order valence-electron chi connectivity index (χ3n) is 2.20. The molecular weight excluding hydrogens is 217 g/mol. The zero-order valence-corrected chi connectivity index (χ0v) is 9.22. The molecule has 0 aliphatic rings. The summed E-state index contributed by atoms with van der Waals surface area (Å²) in [5.74, 6) is -0.679. The molecule has 0 fully saturated rings. The van der Waals surface area contributed by atoms with Crippen LogP contribution >= 0.6 is 11.6 Å². The average molecular weight is 230 g/mol. The van der Waals surface area contributed by atoms with E-state index < -0.39 is 5.82 Å². The van der Waals surface area contributed by atoms with E-state index in [1.165, 1.54) is 12.1 Å². The van der Waals surface area contributed by atoms with E-state index in [2.05, 4.69) is 0 Å². The van der Waals surface area contributed by atoms with Gasteiger partial charge in [0.05, 0.1) is 5.02 Å². The Balaban J connectivity index is 2.86. The molecule has 82 valence electrons. The molecule has 0 aliphatic heterocycles. The molecule has 0 aromatic heterocycles. The Bertz CT molecular complexity index is 368. The molecule has 2 nitrogen and oxygen atoms in total. The van der Waals surface area contributed by atoms with E-state index >= 15 is 0 Å². The van der Waals surface area contributed by atoms with E-state index in [1.54, 1.807) is 0 Å². The molecule has 15 heavy (non-hydrogen) atoms. The van der Waals surface area contributed by atoms with E-state index in [4.69, 9.17) is 17.3 Å². The molecule has 0 heterocycles. The molecule has 0 bridgehead atoms. The maximum absolute atomic E-state index is 12.9. The van der Waals surface area contributed by atoms with Gasteiger partial charge >= 0.3 is 0 Å². The lowest BCUT2D eigenvalue weighted by Crippen LogP contribution is -2.22. The van der Waals surface area contributed by atoms with Crippen molar-refractivity contribution in [3.63, 3.8) is 0 Å². The van der Waals surface area contributed by atoms with Gasteiger partial charge in [-0.3, -0.25) is 4.79 Å². The first-order valence-electron chi connectivity index (χ1n) is 4.78. The Morgan fingerprint density at radius 1 is 1.60 bits per heavy atom. The average Bonchev–Trinajstić information content (AvgIpc) is 2.21. The minimum atomic E-state index is -0.465. The fourth-order valence-corrected chi connectivity index (χ4v) is 1.43. The van der Waals surface area contributed by atoms with Crippen LogP contribution in [0, 0.1) is 5.82 Å². The first-order valence-corrected chi connectivity index (χ1v) is 5.16. The fraction of sp³-hybridized carbons (Fsp3) is 0.364. The molecule has 0 saturated heterocycles. The summed E-state index contributed by atoms with van der Waals surface area (Å²) in [5.41, 5.74) is 5.85. The van der Waals surface area contributed by atoms with Crippen LogP contribution < -0.4 is 5.73 Å². The van der Waals surface area contributed by atoms with Crippen LogP contribution in [0.5, 0.6) is 0 Å². The second kappa shape index (κ2) is 5.24. The van der Waals surface area contributed by atoms with Gasteiger partial charge in [-0.05, 0) is 24.6 Å². The van der Waals surface area contributed by atoms with Crippen molar-refractivity contribution < 1.29 is 9.18 Å². The number of Topliss-reactive ketones (excluding diaryl/α,β-unsaturated/α-hetero) is 1. The third kappa shape index (κ3) is 3.29. The first kappa shape index (κ1) is 12.1. The van der Waals surface area contributed by atoms with Gasteiger partial charge in [0.15, 0.2) is 5.78 Å². The van der Waals surface area contributed by atoms with Gasteiger partial charge in [0, 0.05) is 18.0 Å². The Labute approximate surface area is 93.2 Å². The van der Waals surface area contributed by atoms with Crippen LogP contribution in [0.3, 0.4) is 0 Å². The van der Waals surface area contributed by atoms with Crippen molar-refractivity contribution in [2.75, 3.05) is 0 Å². The molecule has 2 N–H and O–H groups in total. The van der Waals surface area contributed by atoms with Crippen LogP contribution in [-0.4, -0.2) is 11.8 Å². The van der Waals surface area contributed by atoms with Gasteiger partial charge in [0.2, 0.25) is 0 Å². The highest BCUT2D eigenvalue weighted by Gasteiger charge is 2.14. The summed E-state index contributed by atoms with van der Waals surface area (Å²) in [6.07, 6.45) is 0.901. The van der Waals surface area contributed by atoms with Gasteiger partial charge in [0.25, 0.3) is 0 Å². The summed E-state index contributed by atoms with van der Waals surface area (Å²) < 4.78 is 12.9. The lowest BCUT2D eigenvalue weighted by atomic mass is 10.0. The smallest absolute Gasteiger partial charge is 0.166 e. The molecule has 4 heteroatoms. The van der Waals surface area contributed by atoms with Gasteiger partial charge in [-0.2, -0.15) is 0 Å². The standard InChI is InChI=1S/C11H13ClFNO/c1-2-8(14)6-11(15)9-5-7(13)3-4-10(9)12/h3-5,8H,2,6,14H2,1H3. The van der Waals surface area contributed by atoms with Crippen LogP contribution in [0.25, 0.3) is 0 Å². The van der Waals surface area contributed by atoms with Crippen LogP contribution in [0.4, 0.5) is 4.39 Å². The van der Waals surface area contributed by atoms with Crippen molar-refractivity contribution in [1.29, 1.82) is 0 Å². The molecule has 1 unspecified atom stereocenters. The molecule has 1 aromatic carbocycles. The lowest BCUT2D eigenvalue weighted by molar-refractivity contribution is 0.0973. The first-order chi connectivity index (χ1) is 7.04. The van der Waals surface area contributed by atoms with Gasteiger partial charge in [-0.15, -0.1) is 0 Å². The minimum Gasteiger partial charge on any atom is -0.327 e. The number of benzene rings is 1. The molecule has 1 aromatic rings. The van der Waals surface area contributed by atoms with Gasteiger partial charge < -0.3 is 5.73 Å². The summed E-state index contributed by atoms with van der Waals surface area (Å²) in [6, 6.07) is 3.55. The number of ketones is 1. The number of hydrogen-bond donors (Lipinski definition) is 1. The Kier molecular flexibility index (Phi) is 4.24. The summed E-state index contributed by atoms with van der Waals surface area (Å²) in [6.45, 7) is 1.89. The van der Waals surface area contributed by atoms with Gasteiger partial charge in [-0.25, -0.2) is 4.39 Å². The Morgan fingerprint density at radius 3 is 2.87 bits per heavy atom. The number of carbonyl (C=O) groups is 1. The third-order valence-corrected chi connectivity index (χ3v) is 2.53. The van der Waals surface area contributed by atoms with Crippen molar-refractivity contribution in [1.82, 2.24) is 0 Å².